The van der Waals surface area contributed by atoms with Crippen molar-refractivity contribution in [1.82, 2.24) is 5.32 Å². The molecular formula is C16H19F3N2O8. The van der Waals surface area contributed by atoms with Crippen molar-refractivity contribution in [3.8, 4) is 5.75 Å². The fourth-order valence-electron chi connectivity index (χ4n) is 1.74. The van der Waals surface area contributed by atoms with Crippen LogP contribution in [0.1, 0.15) is 18.4 Å². The molecule has 2 atom stereocenters. The van der Waals surface area contributed by atoms with Gasteiger partial charge in [0.2, 0.25) is 5.91 Å². The highest BCUT2D eigenvalue weighted by atomic mass is 19.4. The molecule has 10 nitrogen and oxygen atoms in total. The summed E-state index contributed by atoms with van der Waals surface area (Å²) in [5, 5.41) is 36.3. The number of carbonyl (C=O) groups excluding carboxylic acids is 1. The molecule has 0 radical (unpaired) electrons. The molecule has 13 heteroatoms. The molecule has 7 N–H and O–H groups in total. The molecule has 0 unspecified atom stereocenters. The fraction of sp³-hybridized carbons (Fsp3) is 0.375. The molecule has 1 aromatic carbocycles. The maximum atomic E-state index is 11.7. The van der Waals surface area contributed by atoms with Crippen molar-refractivity contribution in [1.29, 1.82) is 0 Å². The number of carboxylic acid groups (broad SMARTS) is 3. The number of carboxylic acids is 3. The standard InChI is InChI=1S/C14H18N2O6.C2HF3O2/c15-10(13(19)20)5-6-12(18)16-11(14(21)22)7-8-1-3-9(17)4-2-8;3-2(4,5)1(6)7/h1-4,10-11,17H,5-7,15H2,(H,16,18)(H,19,20)(H,21,22);(H,6,7)/t10-,11-;/m0./s1. The lowest BCUT2D eigenvalue weighted by molar-refractivity contribution is -0.192. The highest BCUT2D eigenvalue weighted by Crippen LogP contribution is 2.13. The molecule has 0 aromatic heterocycles. The molecule has 0 aliphatic rings. The summed E-state index contributed by atoms with van der Waals surface area (Å²) in [6.45, 7) is 0. The highest BCUT2D eigenvalue weighted by molar-refractivity contribution is 5.84. The van der Waals surface area contributed by atoms with E-state index in [1.807, 2.05) is 0 Å². The van der Waals surface area contributed by atoms with E-state index in [-0.39, 0.29) is 25.0 Å². The number of benzene rings is 1. The predicted octanol–water partition coefficient (Wildman–Crippen LogP) is 0.330. The second-order valence-corrected chi connectivity index (χ2v) is 5.62. The Morgan fingerprint density at radius 1 is 1.00 bits per heavy atom. The van der Waals surface area contributed by atoms with Crippen molar-refractivity contribution in [2.45, 2.75) is 37.5 Å². The number of hydrogen-bond donors (Lipinski definition) is 6. The average Bonchev–Trinajstić information content (AvgIpc) is 2.60. The molecular weight excluding hydrogens is 405 g/mol. The fourth-order valence-corrected chi connectivity index (χ4v) is 1.74. The smallest absolute Gasteiger partial charge is 0.490 e. The van der Waals surface area contributed by atoms with Crippen molar-refractivity contribution >= 4 is 23.8 Å². The Bertz CT molecular complexity index is 722. The van der Waals surface area contributed by atoms with Gasteiger partial charge in [0, 0.05) is 12.8 Å². The van der Waals surface area contributed by atoms with Crippen molar-refractivity contribution < 1.29 is 52.8 Å². The molecule has 0 saturated heterocycles. The van der Waals surface area contributed by atoms with Crippen LogP contribution in [0.2, 0.25) is 0 Å². The SMILES string of the molecule is N[C@@H](CCC(=O)N[C@@H](Cc1ccc(O)cc1)C(=O)O)C(=O)O.O=C(O)C(F)(F)F. The lowest BCUT2D eigenvalue weighted by Gasteiger charge is -2.15. The summed E-state index contributed by atoms with van der Waals surface area (Å²) in [6, 6.07) is 3.64. The first-order valence-corrected chi connectivity index (χ1v) is 7.82. The van der Waals surface area contributed by atoms with E-state index in [0.29, 0.717) is 5.56 Å². The number of halogens is 3. The summed E-state index contributed by atoms with van der Waals surface area (Å²) >= 11 is 0. The first kappa shape index (κ1) is 25.6. The Morgan fingerprint density at radius 2 is 1.48 bits per heavy atom. The molecule has 0 aliphatic carbocycles. The molecule has 1 aromatic rings. The van der Waals surface area contributed by atoms with Gasteiger partial charge in [-0.05, 0) is 24.1 Å². The van der Waals surface area contributed by atoms with Gasteiger partial charge < -0.3 is 31.5 Å². The normalized spacial score (nSPS) is 12.7. The van der Waals surface area contributed by atoms with Gasteiger partial charge in [-0.2, -0.15) is 13.2 Å². The summed E-state index contributed by atoms with van der Waals surface area (Å²) in [6.07, 6.45) is -5.29. The number of amides is 1. The number of alkyl halides is 3. The van der Waals surface area contributed by atoms with Gasteiger partial charge in [0.05, 0.1) is 0 Å². The molecule has 1 amide bonds. The largest absolute Gasteiger partial charge is 0.508 e. The second-order valence-electron chi connectivity index (χ2n) is 5.62. The lowest BCUT2D eigenvalue weighted by atomic mass is 10.1. The average molecular weight is 424 g/mol. The van der Waals surface area contributed by atoms with Gasteiger partial charge in [-0.25, -0.2) is 9.59 Å². The first-order chi connectivity index (χ1) is 13.2. The third-order valence-electron chi connectivity index (χ3n) is 3.25. The molecule has 0 heterocycles. The van der Waals surface area contributed by atoms with Gasteiger partial charge in [-0.3, -0.25) is 9.59 Å². The number of carbonyl (C=O) groups is 4. The monoisotopic (exact) mass is 424 g/mol. The predicted molar refractivity (Wildman–Crippen MR) is 89.9 cm³/mol. The third kappa shape index (κ3) is 11.2. The molecule has 0 fully saturated rings. The van der Waals surface area contributed by atoms with Crippen LogP contribution in [0.3, 0.4) is 0 Å². The molecule has 0 spiro atoms. The van der Waals surface area contributed by atoms with Gasteiger partial charge in [0.25, 0.3) is 0 Å². The number of phenolic OH excluding ortho intramolecular Hbond substituents is 1. The summed E-state index contributed by atoms with van der Waals surface area (Å²) in [7, 11) is 0. The van der Waals surface area contributed by atoms with E-state index in [0.717, 1.165) is 0 Å². The van der Waals surface area contributed by atoms with Crippen LogP contribution < -0.4 is 11.1 Å². The Hall–Kier alpha value is -3.35. The van der Waals surface area contributed by atoms with Gasteiger partial charge >= 0.3 is 24.1 Å². The number of aromatic hydroxyl groups is 1. The van der Waals surface area contributed by atoms with E-state index in [1.54, 1.807) is 12.1 Å². The maximum Gasteiger partial charge on any atom is 0.490 e. The summed E-state index contributed by atoms with van der Waals surface area (Å²) in [5.74, 6) is -5.70. The summed E-state index contributed by atoms with van der Waals surface area (Å²) in [4.78, 5) is 42.3. The van der Waals surface area contributed by atoms with Crippen LogP contribution in [-0.4, -0.2) is 62.5 Å². The zero-order valence-corrected chi connectivity index (χ0v) is 14.7. The number of rotatable bonds is 8. The van der Waals surface area contributed by atoms with Crippen molar-refractivity contribution in [3.05, 3.63) is 29.8 Å². The Morgan fingerprint density at radius 3 is 1.86 bits per heavy atom. The summed E-state index contributed by atoms with van der Waals surface area (Å²) < 4.78 is 31.7. The number of phenols is 1. The molecule has 0 bridgehead atoms. The van der Waals surface area contributed by atoms with E-state index in [2.05, 4.69) is 5.32 Å². The summed E-state index contributed by atoms with van der Waals surface area (Å²) in [5.41, 5.74) is 5.91. The zero-order valence-electron chi connectivity index (χ0n) is 14.7. The van der Waals surface area contributed by atoms with Crippen LogP contribution in [0.25, 0.3) is 0 Å². The highest BCUT2D eigenvalue weighted by Gasteiger charge is 2.38. The zero-order chi connectivity index (χ0) is 22.8. The number of hydrogen-bond acceptors (Lipinski definition) is 6. The van der Waals surface area contributed by atoms with Crippen LogP contribution in [-0.2, 0) is 25.6 Å². The van der Waals surface area contributed by atoms with E-state index < -0.39 is 42.1 Å². The van der Waals surface area contributed by atoms with Crippen molar-refractivity contribution in [2.75, 3.05) is 0 Å². The third-order valence-corrected chi connectivity index (χ3v) is 3.25. The Kier molecular flexibility index (Phi) is 10.2. The number of nitrogens with two attached hydrogens (primary N) is 1. The minimum absolute atomic E-state index is 0.0480. The molecule has 162 valence electrons. The molecule has 0 aliphatic heterocycles. The molecule has 0 saturated carbocycles. The van der Waals surface area contributed by atoms with Gasteiger partial charge in [0.15, 0.2) is 0 Å². The molecule has 1 rings (SSSR count). The van der Waals surface area contributed by atoms with Crippen LogP contribution in [0.15, 0.2) is 24.3 Å². The van der Waals surface area contributed by atoms with E-state index in [1.165, 1.54) is 12.1 Å². The topological polar surface area (TPSA) is 187 Å². The Balaban J connectivity index is 0.000000956. The first-order valence-electron chi connectivity index (χ1n) is 7.82. The second kappa shape index (κ2) is 11.5. The van der Waals surface area contributed by atoms with Crippen LogP contribution in [0.5, 0.6) is 5.75 Å². The minimum atomic E-state index is -5.08. The van der Waals surface area contributed by atoms with Gasteiger partial charge in [-0.15, -0.1) is 0 Å². The minimum Gasteiger partial charge on any atom is -0.508 e. The van der Waals surface area contributed by atoms with Crippen LogP contribution in [0, 0.1) is 0 Å². The van der Waals surface area contributed by atoms with Crippen molar-refractivity contribution in [2.24, 2.45) is 5.73 Å². The van der Waals surface area contributed by atoms with Gasteiger partial charge in [0.1, 0.15) is 17.8 Å². The Labute approximate surface area is 161 Å². The molecule has 29 heavy (non-hydrogen) atoms. The van der Waals surface area contributed by atoms with Gasteiger partial charge in [-0.1, -0.05) is 12.1 Å². The van der Waals surface area contributed by atoms with Crippen molar-refractivity contribution in [3.63, 3.8) is 0 Å². The lowest BCUT2D eigenvalue weighted by Crippen LogP contribution is -2.43. The van der Waals surface area contributed by atoms with Crippen LogP contribution >= 0.6 is 0 Å². The van der Waals surface area contributed by atoms with E-state index in [4.69, 9.17) is 31.0 Å². The van der Waals surface area contributed by atoms with E-state index in [9.17, 15) is 27.6 Å². The van der Waals surface area contributed by atoms with Crippen LogP contribution in [0.4, 0.5) is 13.2 Å². The van der Waals surface area contributed by atoms with E-state index >= 15 is 0 Å². The maximum absolute atomic E-state index is 11.7. The number of nitrogens with one attached hydrogen (secondary N) is 1. The number of aliphatic carboxylic acids is 3. The quantitative estimate of drug-likeness (QED) is 0.342.